The van der Waals surface area contributed by atoms with Crippen molar-refractivity contribution in [3.63, 3.8) is 0 Å². The molecule has 0 radical (unpaired) electrons. The Balaban J connectivity index is 1.56. The molecule has 0 saturated carbocycles. The molecule has 0 aliphatic rings. The van der Waals surface area contributed by atoms with E-state index in [1.165, 1.54) is 4.90 Å². The van der Waals surface area contributed by atoms with Gasteiger partial charge in [0.1, 0.15) is 11.4 Å². The summed E-state index contributed by atoms with van der Waals surface area (Å²) in [5, 5.41) is 5.95. The summed E-state index contributed by atoms with van der Waals surface area (Å²) in [6.07, 6.45) is 1.46. The van der Waals surface area contributed by atoms with Crippen LogP contribution in [0.3, 0.4) is 0 Å². The maximum Gasteiger partial charge on any atom is 0.412 e. The summed E-state index contributed by atoms with van der Waals surface area (Å²) < 4.78 is 10.8. The van der Waals surface area contributed by atoms with E-state index in [9.17, 15) is 14.4 Å². The van der Waals surface area contributed by atoms with E-state index >= 15 is 0 Å². The molecule has 0 aliphatic heterocycles. The molecule has 0 fully saturated rings. The van der Waals surface area contributed by atoms with Gasteiger partial charge in [-0.1, -0.05) is 36.4 Å². The second kappa shape index (κ2) is 12.0. The van der Waals surface area contributed by atoms with Crippen molar-refractivity contribution in [2.45, 2.75) is 39.7 Å². The molecule has 4 aromatic rings. The predicted molar refractivity (Wildman–Crippen MR) is 155 cm³/mol. The number of ether oxygens (including phenoxy) is 1. The van der Waals surface area contributed by atoms with Crippen molar-refractivity contribution in [2.75, 3.05) is 29.1 Å². The van der Waals surface area contributed by atoms with Gasteiger partial charge in [-0.15, -0.1) is 0 Å². The van der Waals surface area contributed by atoms with Crippen LogP contribution < -0.4 is 21.2 Å². The minimum Gasteiger partial charge on any atom is -0.444 e. The summed E-state index contributed by atoms with van der Waals surface area (Å²) in [6.45, 7) is 7.16. The highest BCUT2D eigenvalue weighted by molar-refractivity contribution is 5.94. The van der Waals surface area contributed by atoms with Gasteiger partial charge in [-0.2, -0.15) is 4.98 Å². The Morgan fingerprint density at radius 2 is 1.77 bits per heavy atom. The van der Waals surface area contributed by atoms with Crippen molar-refractivity contribution < 1.29 is 18.7 Å². The fourth-order valence-electron chi connectivity index (χ4n) is 4.24. The molecule has 4 rings (SSSR count). The van der Waals surface area contributed by atoms with Crippen molar-refractivity contribution in [2.24, 2.45) is 5.92 Å². The van der Waals surface area contributed by atoms with Gasteiger partial charge < -0.3 is 14.5 Å². The highest BCUT2D eigenvalue weighted by Gasteiger charge is 2.25. The number of benzene rings is 2. The minimum absolute atomic E-state index is 0.00361. The van der Waals surface area contributed by atoms with Crippen LogP contribution in [-0.4, -0.2) is 41.2 Å². The molecule has 10 heteroatoms. The van der Waals surface area contributed by atoms with Crippen molar-refractivity contribution >= 4 is 40.4 Å². The normalized spacial score (nSPS) is 12.0. The van der Waals surface area contributed by atoms with Crippen molar-refractivity contribution in [1.82, 2.24) is 9.97 Å². The summed E-state index contributed by atoms with van der Waals surface area (Å²) in [6, 6.07) is 18.3. The van der Waals surface area contributed by atoms with Gasteiger partial charge in [-0.25, -0.2) is 14.6 Å². The van der Waals surface area contributed by atoms with Crippen LogP contribution in [-0.2, 0) is 16.0 Å². The van der Waals surface area contributed by atoms with Crippen molar-refractivity contribution in [3.8, 4) is 0 Å². The number of carbonyl (C=O) groups excluding carboxylic acids is 2. The summed E-state index contributed by atoms with van der Waals surface area (Å²) in [7, 11) is 1.68. The zero-order valence-electron chi connectivity index (χ0n) is 23.2. The van der Waals surface area contributed by atoms with Crippen LogP contribution in [0.1, 0.15) is 31.9 Å². The molecule has 2 heterocycles. The highest BCUT2D eigenvalue weighted by atomic mass is 16.6. The number of nitrogens with one attached hydrogen (secondary N) is 2. The van der Waals surface area contributed by atoms with Crippen LogP contribution in [0.15, 0.2) is 76.1 Å². The fourth-order valence-corrected chi connectivity index (χ4v) is 4.24. The van der Waals surface area contributed by atoms with E-state index in [1.807, 2.05) is 36.4 Å². The molecule has 2 aromatic carbocycles. The number of amides is 2. The lowest BCUT2D eigenvalue weighted by molar-refractivity contribution is -0.121. The Hall–Kier alpha value is -4.73. The molecule has 2 N–H and O–H groups in total. The third-order valence-electron chi connectivity index (χ3n) is 6.19. The van der Waals surface area contributed by atoms with Gasteiger partial charge in [0.05, 0.1) is 16.8 Å². The first-order chi connectivity index (χ1) is 19.0. The summed E-state index contributed by atoms with van der Waals surface area (Å²) in [4.78, 5) is 49.0. The van der Waals surface area contributed by atoms with Crippen LogP contribution in [0.25, 0.3) is 10.9 Å². The molecule has 208 valence electrons. The Labute approximate surface area is 232 Å². The number of nitrogens with zero attached hydrogens (tertiary/aromatic N) is 3. The molecule has 0 spiro atoms. The monoisotopic (exact) mass is 543 g/mol. The zero-order valence-corrected chi connectivity index (χ0v) is 23.2. The number of rotatable bonds is 8. The Morgan fingerprint density at radius 1 is 1.05 bits per heavy atom. The summed E-state index contributed by atoms with van der Waals surface area (Å²) >= 11 is 0. The third-order valence-corrected chi connectivity index (χ3v) is 6.19. The SMILES string of the molecule is Cc1c(NC(=O)OC(C)(C)C)ccc2nc(NCC(Cc3ccccc3)C(=O)N(C)c3ccccn3)oc(=O)c12. The number of aromatic nitrogens is 2. The summed E-state index contributed by atoms with van der Waals surface area (Å²) in [5.41, 5.74) is 1.03. The Kier molecular flexibility index (Phi) is 8.47. The van der Waals surface area contributed by atoms with E-state index in [-0.39, 0.29) is 23.9 Å². The van der Waals surface area contributed by atoms with Crippen LogP contribution in [0.4, 0.5) is 22.3 Å². The second-order valence-corrected chi connectivity index (χ2v) is 10.4. The van der Waals surface area contributed by atoms with Gasteiger partial charge in [0.15, 0.2) is 0 Å². The lowest BCUT2D eigenvalue weighted by Gasteiger charge is -2.23. The topological polar surface area (TPSA) is 127 Å². The number of aryl methyl sites for hydroxylation is 1. The van der Waals surface area contributed by atoms with Crippen LogP contribution in [0.5, 0.6) is 0 Å². The molecular formula is C30H33N5O5. The fraction of sp³-hybridized carbons (Fsp3) is 0.300. The van der Waals surface area contributed by atoms with Gasteiger partial charge in [-0.05, 0) is 69.5 Å². The molecule has 2 amide bonds. The quantitative estimate of drug-likeness (QED) is 0.312. The zero-order chi connectivity index (χ0) is 28.9. The van der Waals surface area contributed by atoms with Crippen LogP contribution >= 0.6 is 0 Å². The maximum absolute atomic E-state index is 13.5. The van der Waals surface area contributed by atoms with Crippen molar-refractivity contribution in [3.05, 3.63) is 88.4 Å². The first kappa shape index (κ1) is 28.3. The summed E-state index contributed by atoms with van der Waals surface area (Å²) in [5.74, 6) is -0.113. The maximum atomic E-state index is 13.5. The molecule has 10 nitrogen and oxygen atoms in total. The van der Waals surface area contributed by atoms with Crippen molar-refractivity contribution in [1.29, 1.82) is 0 Å². The first-order valence-electron chi connectivity index (χ1n) is 12.9. The number of anilines is 3. The molecule has 0 bridgehead atoms. The number of pyridine rings is 1. The lowest BCUT2D eigenvalue weighted by Crippen LogP contribution is -2.38. The van der Waals surface area contributed by atoms with Gasteiger partial charge in [0.25, 0.3) is 6.01 Å². The smallest absolute Gasteiger partial charge is 0.412 e. The molecular weight excluding hydrogens is 510 g/mol. The van der Waals surface area contributed by atoms with Gasteiger partial charge >= 0.3 is 11.7 Å². The standard InChI is InChI=1S/C30H33N5O5/c1-19-22(34-29(38)40-30(2,3)4)14-15-23-25(19)27(37)39-28(33-23)32-18-21(17-20-11-7-6-8-12-20)26(36)35(5)24-13-9-10-16-31-24/h6-16,21H,17-18H2,1-5H3,(H,32,33)(H,34,38). The Bertz CT molecular complexity index is 1550. The minimum atomic E-state index is -0.665. The second-order valence-electron chi connectivity index (χ2n) is 10.4. The molecule has 40 heavy (non-hydrogen) atoms. The number of hydrogen-bond donors (Lipinski definition) is 2. The van der Waals surface area contributed by atoms with Gasteiger partial charge in [-0.3, -0.25) is 15.0 Å². The average Bonchev–Trinajstić information content (AvgIpc) is 2.91. The Morgan fingerprint density at radius 3 is 2.45 bits per heavy atom. The number of carbonyl (C=O) groups is 2. The largest absolute Gasteiger partial charge is 0.444 e. The van der Waals surface area contributed by atoms with Crippen LogP contribution in [0.2, 0.25) is 0 Å². The average molecular weight is 544 g/mol. The molecule has 0 aliphatic carbocycles. The lowest BCUT2D eigenvalue weighted by atomic mass is 9.98. The van der Waals surface area contributed by atoms with Crippen LogP contribution in [0, 0.1) is 12.8 Å². The molecule has 1 unspecified atom stereocenters. The first-order valence-corrected chi connectivity index (χ1v) is 12.9. The van der Waals surface area contributed by atoms with E-state index in [1.54, 1.807) is 65.2 Å². The molecule has 2 aromatic heterocycles. The number of hydrogen-bond acceptors (Lipinski definition) is 8. The van der Waals surface area contributed by atoms with E-state index in [2.05, 4.69) is 20.6 Å². The highest BCUT2D eigenvalue weighted by Crippen LogP contribution is 2.24. The van der Waals surface area contributed by atoms with E-state index in [4.69, 9.17) is 9.15 Å². The van der Waals surface area contributed by atoms with E-state index in [0.29, 0.717) is 29.0 Å². The number of fused-ring (bicyclic) bond motifs is 1. The van der Waals surface area contributed by atoms with E-state index in [0.717, 1.165) is 5.56 Å². The predicted octanol–water partition coefficient (Wildman–Crippen LogP) is 5.17. The van der Waals surface area contributed by atoms with E-state index < -0.39 is 23.2 Å². The van der Waals surface area contributed by atoms with Gasteiger partial charge in [0, 0.05) is 25.5 Å². The molecule has 1 atom stereocenters. The van der Waals surface area contributed by atoms with Gasteiger partial charge in [0.2, 0.25) is 5.91 Å². The third kappa shape index (κ3) is 7.02. The molecule has 0 saturated heterocycles.